The van der Waals surface area contributed by atoms with Crippen LogP contribution in [0.5, 0.6) is 0 Å². The van der Waals surface area contributed by atoms with Crippen molar-refractivity contribution < 1.29 is 23.5 Å². The van der Waals surface area contributed by atoms with Gasteiger partial charge in [-0.05, 0) is 30.7 Å². The molecule has 0 spiro atoms. The summed E-state index contributed by atoms with van der Waals surface area (Å²) in [6.45, 7) is 1.65. The van der Waals surface area contributed by atoms with E-state index >= 15 is 0 Å². The number of anilines is 1. The molecule has 2 rings (SSSR count). The van der Waals surface area contributed by atoms with Crippen molar-refractivity contribution in [2.45, 2.75) is 6.92 Å². The van der Waals surface area contributed by atoms with Crippen molar-refractivity contribution in [3.8, 4) is 0 Å². The number of esters is 1. The molecule has 0 unspecified atom stereocenters. The average molecular weight is 362 g/mol. The minimum atomic E-state index is -0.614. The Hall–Kier alpha value is -2.87. The first kappa shape index (κ1) is 18.5. The number of carbonyl (C=O) groups excluding carboxylic acids is 3. The molecule has 0 aliphatic heterocycles. The summed E-state index contributed by atoms with van der Waals surface area (Å²) < 4.78 is 9.88. The van der Waals surface area contributed by atoms with E-state index in [1.165, 1.54) is 30.4 Å². The lowest BCUT2D eigenvalue weighted by Gasteiger charge is -2.08. The molecular formula is C17H18N2O5S. The highest BCUT2D eigenvalue weighted by atomic mass is 32.1. The second-order valence-corrected chi connectivity index (χ2v) is 6.31. The number of carbonyl (C=O) groups is 3. The summed E-state index contributed by atoms with van der Waals surface area (Å²) in [6, 6.07) is 3.40. The first-order chi connectivity index (χ1) is 11.8. The van der Waals surface area contributed by atoms with Gasteiger partial charge in [0.2, 0.25) is 5.91 Å². The minimum absolute atomic E-state index is 0.178. The molecule has 0 saturated carbocycles. The van der Waals surface area contributed by atoms with Crippen molar-refractivity contribution in [2.24, 2.45) is 0 Å². The van der Waals surface area contributed by atoms with Crippen molar-refractivity contribution in [3.05, 3.63) is 46.2 Å². The Bertz CT molecular complexity index is 818. The molecule has 0 bridgehead atoms. The highest BCUT2D eigenvalue weighted by molar-refractivity contribution is 7.18. The summed E-state index contributed by atoms with van der Waals surface area (Å²) in [7, 11) is 4.47. The molecule has 1 N–H and O–H groups in total. The maximum Gasteiger partial charge on any atom is 0.341 e. The normalized spacial score (nSPS) is 10.7. The molecule has 2 heterocycles. The van der Waals surface area contributed by atoms with Crippen LogP contribution < -0.4 is 5.32 Å². The standard InChI is InChI=1S/C17H18N2O5S/c1-10-13(17(22)23-4)15(25-14(10)16(21)19(2)3)18-12(20)8-7-11-6-5-9-24-11/h5-9H,1-4H3,(H,18,20)/b8-7+. The zero-order valence-electron chi connectivity index (χ0n) is 14.3. The van der Waals surface area contributed by atoms with Gasteiger partial charge in [-0.2, -0.15) is 0 Å². The fraction of sp³-hybridized carbons (Fsp3) is 0.235. The Kier molecular flexibility index (Phi) is 5.76. The molecule has 0 atom stereocenters. The number of methoxy groups -OCH3 is 1. The molecule has 25 heavy (non-hydrogen) atoms. The molecule has 7 nitrogen and oxygen atoms in total. The monoisotopic (exact) mass is 362 g/mol. The van der Waals surface area contributed by atoms with E-state index in [-0.39, 0.29) is 16.5 Å². The predicted molar refractivity (Wildman–Crippen MR) is 94.8 cm³/mol. The Morgan fingerprint density at radius 2 is 2.04 bits per heavy atom. The lowest BCUT2D eigenvalue weighted by molar-refractivity contribution is -0.111. The van der Waals surface area contributed by atoms with Crippen LogP contribution in [0.3, 0.4) is 0 Å². The third-order valence-electron chi connectivity index (χ3n) is 3.32. The fourth-order valence-corrected chi connectivity index (χ4v) is 3.27. The quantitative estimate of drug-likeness (QED) is 0.653. The SMILES string of the molecule is COC(=O)c1c(NC(=O)/C=C/c2ccco2)sc(C(=O)N(C)C)c1C. The van der Waals surface area contributed by atoms with Gasteiger partial charge in [0.05, 0.1) is 23.8 Å². The van der Waals surface area contributed by atoms with Gasteiger partial charge in [0.15, 0.2) is 0 Å². The van der Waals surface area contributed by atoms with Crippen LogP contribution in [0.15, 0.2) is 28.9 Å². The first-order valence-electron chi connectivity index (χ1n) is 7.31. The van der Waals surface area contributed by atoms with Gasteiger partial charge in [-0.3, -0.25) is 9.59 Å². The van der Waals surface area contributed by atoms with E-state index in [4.69, 9.17) is 9.15 Å². The molecule has 0 radical (unpaired) electrons. The molecular weight excluding hydrogens is 344 g/mol. The van der Waals surface area contributed by atoms with Crippen molar-refractivity contribution in [1.82, 2.24) is 4.90 Å². The summed E-state index contributed by atoms with van der Waals surface area (Å²) in [5, 5.41) is 2.89. The van der Waals surface area contributed by atoms with Gasteiger partial charge in [-0.25, -0.2) is 4.79 Å². The highest BCUT2D eigenvalue weighted by Gasteiger charge is 2.26. The highest BCUT2D eigenvalue weighted by Crippen LogP contribution is 2.34. The van der Waals surface area contributed by atoms with Crippen LogP contribution in [0.2, 0.25) is 0 Å². The molecule has 0 aliphatic carbocycles. The summed E-state index contributed by atoms with van der Waals surface area (Å²) >= 11 is 1.04. The minimum Gasteiger partial charge on any atom is -0.465 e. The number of hydrogen-bond donors (Lipinski definition) is 1. The third kappa shape index (κ3) is 4.16. The van der Waals surface area contributed by atoms with Crippen molar-refractivity contribution in [1.29, 1.82) is 0 Å². The van der Waals surface area contributed by atoms with E-state index in [0.29, 0.717) is 16.2 Å². The van der Waals surface area contributed by atoms with Gasteiger partial charge in [-0.15, -0.1) is 11.3 Å². The van der Waals surface area contributed by atoms with Crippen molar-refractivity contribution >= 4 is 40.2 Å². The second-order valence-electron chi connectivity index (χ2n) is 5.29. The van der Waals surface area contributed by atoms with Gasteiger partial charge in [-0.1, -0.05) is 0 Å². The smallest absolute Gasteiger partial charge is 0.341 e. The topological polar surface area (TPSA) is 88.8 Å². The fourth-order valence-electron chi connectivity index (χ4n) is 2.05. The Balaban J connectivity index is 2.32. The van der Waals surface area contributed by atoms with Crippen LogP contribution >= 0.6 is 11.3 Å². The van der Waals surface area contributed by atoms with Gasteiger partial charge in [0.1, 0.15) is 10.8 Å². The second kappa shape index (κ2) is 7.80. The third-order valence-corrected chi connectivity index (χ3v) is 4.51. The predicted octanol–water partition coefficient (Wildman–Crippen LogP) is 2.79. The number of nitrogens with one attached hydrogen (secondary N) is 1. The zero-order chi connectivity index (χ0) is 18.6. The van der Waals surface area contributed by atoms with Crippen molar-refractivity contribution in [2.75, 3.05) is 26.5 Å². The van der Waals surface area contributed by atoms with E-state index in [9.17, 15) is 14.4 Å². The number of rotatable bonds is 5. The average Bonchev–Trinajstić information content (AvgIpc) is 3.19. The van der Waals surface area contributed by atoms with Crippen LogP contribution in [0.1, 0.15) is 31.4 Å². The summed E-state index contributed by atoms with van der Waals surface area (Å²) in [4.78, 5) is 38.2. The molecule has 132 valence electrons. The van der Waals surface area contributed by atoms with E-state index in [0.717, 1.165) is 11.3 Å². The number of amides is 2. The van der Waals surface area contributed by atoms with Gasteiger partial charge in [0, 0.05) is 20.2 Å². The Morgan fingerprint density at radius 1 is 1.32 bits per heavy atom. The zero-order valence-corrected chi connectivity index (χ0v) is 15.1. The molecule has 2 aromatic rings. The van der Waals surface area contributed by atoms with E-state index in [2.05, 4.69) is 5.32 Å². The number of nitrogens with zero attached hydrogens (tertiary/aromatic N) is 1. The molecule has 0 aliphatic rings. The van der Waals surface area contributed by atoms with E-state index in [1.807, 2.05) is 0 Å². The largest absolute Gasteiger partial charge is 0.465 e. The Morgan fingerprint density at radius 3 is 2.60 bits per heavy atom. The van der Waals surface area contributed by atoms with Crippen LogP contribution in [0, 0.1) is 6.92 Å². The molecule has 0 fully saturated rings. The Labute approximate surface area is 148 Å². The molecule has 8 heteroatoms. The number of ether oxygens (including phenoxy) is 1. The van der Waals surface area contributed by atoms with Crippen molar-refractivity contribution in [3.63, 3.8) is 0 Å². The first-order valence-corrected chi connectivity index (χ1v) is 8.12. The molecule has 0 aromatic carbocycles. The van der Waals surface area contributed by atoms with Crippen LogP contribution in [-0.4, -0.2) is 43.9 Å². The summed E-state index contributed by atoms with van der Waals surface area (Å²) in [5.41, 5.74) is 0.651. The molecule has 2 aromatic heterocycles. The maximum atomic E-state index is 12.3. The van der Waals surface area contributed by atoms with Gasteiger partial charge >= 0.3 is 5.97 Å². The van der Waals surface area contributed by atoms with E-state index < -0.39 is 11.9 Å². The van der Waals surface area contributed by atoms with Crippen LogP contribution in [0.25, 0.3) is 6.08 Å². The van der Waals surface area contributed by atoms with Gasteiger partial charge < -0.3 is 19.4 Å². The molecule has 2 amide bonds. The lowest BCUT2D eigenvalue weighted by atomic mass is 10.1. The summed E-state index contributed by atoms with van der Waals surface area (Å²) in [5.74, 6) is -0.794. The van der Waals surface area contributed by atoms with Crippen LogP contribution in [0.4, 0.5) is 5.00 Å². The van der Waals surface area contributed by atoms with E-state index in [1.54, 1.807) is 33.2 Å². The van der Waals surface area contributed by atoms with Gasteiger partial charge in [0.25, 0.3) is 5.91 Å². The lowest BCUT2D eigenvalue weighted by Crippen LogP contribution is -2.21. The summed E-state index contributed by atoms with van der Waals surface area (Å²) in [6.07, 6.45) is 4.27. The molecule has 0 saturated heterocycles. The number of furan rings is 1. The number of hydrogen-bond acceptors (Lipinski definition) is 6. The van der Waals surface area contributed by atoms with Crippen LogP contribution in [-0.2, 0) is 9.53 Å². The number of thiophene rings is 1. The maximum absolute atomic E-state index is 12.3.